The van der Waals surface area contributed by atoms with Gasteiger partial charge in [0.25, 0.3) is 0 Å². The predicted octanol–water partition coefficient (Wildman–Crippen LogP) is 1.37. The molecular weight excluding hydrogens is 598 g/mol. The number of hydrogen-bond acceptors (Lipinski definition) is 9. The first kappa shape index (κ1) is 33.8. The van der Waals surface area contributed by atoms with Gasteiger partial charge < -0.3 is 36.4 Å². The summed E-state index contributed by atoms with van der Waals surface area (Å²) in [6, 6.07) is 12.1. The summed E-state index contributed by atoms with van der Waals surface area (Å²) in [6.45, 7) is 3.49. The molecule has 2 aliphatic heterocycles. The average Bonchev–Trinajstić information content (AvgIpc) is 3.42. The number of amides is 4. The minimum absolute atomic E-state index is 0.101. The lowest BCUT2D eigenvalue weighted by Crippen LogP contribution is -2.61. The van der Waals surface area contributed by atoms with Crippen molar-refractivity contribution in [1.29, 1.82) is 0 Å². The number of ether oxygens (including phenoxy) is 1. The van der Waals surface area contributed by atoms with Gasteiger partial charge in [0.15, 0.2) is 0 Å². The quantitative estimate of drug-likeness (QED) is 0.214. The second-order valence-corrected chi connectivity index (χ2v) is 13.0. The van der Waals surface area contributed by atoms with E-state index < -0.39 is 53.8 Å². The van der Waals surface area contributed by atoms with Gasteiger partial charge in [-0.15, -0.1) is 11.8 Å². The van der Waals surface area contributed by atoms with Crippen molar-refractivity contribution in [3.63, 3.8) is 0 Å². The fourth-order valence-corrected chi connectivity index (χ4v) is 7.34. The Kier molecular flexibility index (Phi) is 11.5. The SMILES string of the molecule is COC(=O)[C@H](CC(C)C)NC(=O)[C@@H]1[C@H](c2ccccc2)S[C@@H]2CC[C@H](NC(=O)CNC(=O)[C@@H](N)Cc3ccc(O)cc3)C(=O)N12. The molecule has 6 atom stereocenters. The topological polar surface area (TPSA) is 180 Å². The lowest BCUT2D eigenvalue weighted by molar-refractivity contribution is -0.149. The number of fused-ring (bicyclic) bond motifs is 1. The van der Waals surface area contributed by atoms with E-state index >= 15 is 0 Å². The number of carbonyl (C=O) groups excluding carboxylic acids is 5. The highest BCUT2D eigenvalue weighted by molar-refractivity contribution is 8.00. The largest absolute Gasteiger partial charge is 0.508 e. The van der Waals surface area contributed by atoms with Crippen molar-refractivity contribution in [3.8, 4) is 5.75 Å². The molecular formula is C32H41N5O7S. The van der Waals surface area contributed by atoms with Crippen LogP contribution < -0.4 is 21.7 Å². The number of carbonyl (C=O) groups is 5. The standard InChI is InChI=1S/C32H41N5O7S/c1-18(2)15-24(32(43)44-3)36-30(41)27-28(20-7-5-4-6-8-20)45-26-14-13-23(31(42)37(26)27)35-25(39)17-34-29(40)22(33)16-19-9-11-21(38)12-10-19/h4-12,18,22-24,26-28,38H,13-17,33H2,1-3H3,(H,34,40)(H,35,39)(H,36,41)/t22-,23-,24-,26+,27-,28-/m0/s1. The van der Waals surface area contributed by atoms with Crippen molar-refractivity contribution < 1.29 is 33.8 Å². The molecule has 13 heteroatoms. The maximum Gasteiger partial charge on any atom is 0.328 e. The number of benzene rings is 2. The Balaban J connectivity index is 1.43. The Morgan fingerprint density at radius 2 is 1.76 bits per heavy atom. The van der Waals surface area contributed by atoms with E-state index in [-0.39, 0.29) is 35.3 Å². The summed E-state index contributed by atoms with van der Waals surface area (Å²) in [5.41, 5.74) is 7.62. The molecule has 0 radical (unpaired) electrons. The number of methoxy groups -OCH3 is 1. The molecule has 2 saturated heterocycles. The Morgan fingerprint density at radius 3 is 2.40 bits per heavy atom. The Morgan fingerprint density at radius 1 is 1.07 bits per heavy atom. The van der Waals surface area contributed by atoms with Crippen LogP contribution in [0.15, 0.2) is 54.6 Å². The molecule has 45 heavy (non-hydrogen) atoms. The average molecular weight is 640 g/mol. The number of rotatable bonds is 12. The van der Waals surface area contributed by atoms with E-state index in [4.69, 9.17) is 10.5 Å². The van der Waals surface area contributed by atoms with Crippen LogP contribution >= 0.6 is 11.8 Å². The van der Waals surface area contributed by atoms with Gasteiger partial charge in [-0.3, -0.25) is 19.2 Å². The van der Waals surface area contributed by atoms with E-state index in [0.29, 0.717) is 19.3 Å². The normalized spacial score (nSPS) is 22.2. The van der Waals surface area contributed by atoms with Crippen molar-refractivity contribution >= 4 is 41.4 Å². The summed E-state index contributed by atoms with van der Waals surface area (Å²) < 4.78 is 4.93. The van der Waals surface area contributed by atoms with Crippen LogP contribution in [0.2, 0.25) is 0 Å². The highest BCUT2D eigenvalue weighted by atomic mass is 32.2. The van der Waals surface area contributed by atoms with Crippen LogP contribution in [-0.2, 0) is 35.1 Å². The maximum atomic E-state index is 13.9. The second kappa shape index (κ2) is 15.3. The van der Waals surface area contributed by atoms with Crippen molar-refractivity contribution in [2.75, 3.05) is 13.7 Å². The first-order valence-electron chi connectivity index (χ1n) is 15.0. The number of phenolic OH excluding ortho intramolecular Hbond substituents is 1. The van der Waals surface area contributed by atoms with Gasteiger partial charge in [0.1, 0.15) is 23.9 Å². The number of nitrogens with two attached hydrogens (primary N) is 1. The Labute approximate surface area is 266 Å². The molecule has 2 heterocycles. The number of aromatic hydroxyl groups is 1. The first-order chi connectivity index (χ1) is 21.5. The molecule has 2 aromatic carbocycles. The summed E-state index contributed by atoms with van der Waals surface area (Å²) in [5, 5.41) is 16.8. The molecule has 0 bridgehead atoms. The molecule has 4 rings (SSSR count). The molecule has 0 aliphatic carbocycles. The zero-order valence-electron chi connectivity index (χ0n) is 25.6. The van der Waals surface area contributed by atoms with Crippen LogP contribution in [0.3, 0.4) is 0 Å². The van der Waals surface area contributed by atoms with Crippen LogP contribution in [-0.4, -0.2) is 82.8 Å². The number of esters is 1. The molecule has 242 valence electrons. The number of piperidine rings is 1. The van der Waals surface area contributed by atoms with Gasteiger partial charge in [0.2, 0.25) is 23.6 Å². The number of thioether (sulfide) groups is 1. The van der Waals surface area contributed by atoms with Crippen molar-refractivity contribution in [2.45, 2.75) is 74.3 Å². The smallest absolute Gasteiger partial charge is 0.328 e. The monoisotopic (exact) mass is 639 g/mol. The number of phenols is 1. The van der Waals surface area contributed by atoms with E-state index in [2.05, 4.69) is 16.0 Å². The fourth-order valence-electron chi connectivity index (χ4n) is 5.64. The van der Waals surface area contributed by atoms with Crippen molar-refractivity contribution in [2.24, 2.45) is 11.7 Å². The highest BCUT2D eigenvalue weighted by Crippen LogP contribution is 2.49. The van der Waals surface area contributed by atoms with E-state index in [0.717, 1.165) is 11.1 Å². The zero-order chi connectivity index (χ0) is 32.7. The van der Waals surface area contributed by atoms with Gasteiger partial charge in [0, 0.05) is 0 Å². The van der Waals surface area contributed by atoms with Gasteiger partial charge >= 0.3 is 5.97 Å². The van der Waals surface area contributed by atoms with Gasteiger partial charge in [-0.1, -0.05) is 56.3 Å². The Hall–Kier alpha value is -4.10. The van der Waals surface area contributed by atoms with E-state index in [9.17, 15) is 29.1 Å². The lowest BCUT2D eigenvalue weighted by atomic mass is 9.97. The predicted molar refractivity (Wildman–Crippen MR) is 169 cm³/mol. The van der Waals surface area contributed by atoms with Crippen LogP contribution in [0.25, 0.3) is 0 Å². The molecule has 6 N–H and O–H groups in total. The van der Waals surface area contributed by atoms with Crippen LogP contribution in [0, 0.1) is 5.92 Å². The number of hydrogen-bond donors (Lipinski definition) is 5. The van der Waals surface area contributed by atoms with Crippen LogP contribution in [0.5, 0.6) is 5.75 Å². The van der Waals surface area contributed by atoms with Crippen LogP contribution in [0.1, 0.15) is 49.5 Å². The summed E-state index contributed by atoms with van der Waals surface area (Å²) >= 11 is 1.51. The molecule has 2 aliphatic rings. The van der Waals surface area contributed by atoms with E-state index in [1.807, 2.05) is 44.2 Å². The molecule has 12 nitrogen and oxygen atoms in total. The number of nitrogens with zero attached hydrogens (tertiary/aromatic N) is 1. The lowest BCUT2D eigenvalue weighted by Gasteiger charge is -2.37. The van der Waals surface area contributed by atoms with E-state index in [1.54, 1.807) is 12.1 Å². The third-order valence-corrected chi connectivity index (χ3v) is 9.45. The van der Waals surface area contributed by atoms with Gasteiger partial charge in [-0.05, 0) is 54.9 Å². The summed E-state index contributed by atoms with van der Waals surface area (Å²) in [6.07, 6.45) is 1.48. The van der Waals surface area contributed by atoms with Gasteiger partial charge in [0.05, 0.1) is 30.3 Å². The molecule has 0 aromatic heterocycles. The van der Waals surface area contributed by atoms with Gasteiger partial charge in [-0.25, -0.2) is 4.79 Å². The fraction of sp³-hybridized carbons (Fsp3) is 0.469. The third-order valence-electron chi connectivity index (χ3n) is 7.85. The first-order valence-corrected chi connectivity index (χ1v) is 15.9. The summed E-state index contributed by atoms with van der Waals surface area (Å²) in [7, 11) is 1.27. The zero-order valence-corrected chi connectivity index (χ0v) is 26.4. The molecule has 0 unspecified atom stereocenters. The Bertz CT molecular complexity index is 1370. The summed E-state index contributed by atoms with van der Waals surface area (Å²) in [4.78, 5) is 67.1. The molecule has 0 saturated carbocycles. The second-order valence-electron chi connectivity index (χ2n) is 11.7. The molecule has 2 fully saturated rings. The highest BCUT2D eigenvalue weighted by Gasteiger charge is 2.52. The van der Waals surface area contributed by atoms with Crippen molar-refractivity contribution in [3.05, 3.63) is 65.7 Å². The maximum absolute atomic E-state index is 13.9. The minimum Gasteiger partial charge on any atom is -0.508 e. The van der Waals surface area contributed by atoms with Crippen LogP contribution in [0.4, 0.5) is 0 Å². The molecule has 2 aromatic rings. The number of nitrogens with one attached hydrogen (secondary N) is 3. The molecule has 4 amide bonds. The molecule has 0 spiro atoms. The third kappa shape index (κ3) is 8.54. The van der Waals surface area contributed by atoms with Gasteiger partial charge in [-0.2, -0.15) is 0 Å². The van der Waals surface area contributed by atoms with Crippen molar-refractivity contribution in [1.82, 2.24) is 20.9 Å². The summed E-state index contributed by atoms with van der Waals surface area (Å²) in [5.74, 6) is -2.33. The minimum atomic E-state index is -0.925. The van der Waals surface area contributed by atoms with E-state index in [1.165, 1.54) is 35.9 Å².